The van der Waals surface area contributed by atoms with Gasteiger partial charge in [0.2, 0.25) is 0 Å². The molecule has 0 spiro atoms. The van der Waals surface area contributed by atoms with Gasteiger partial charge in [0.15, 0.2) is 0 Å². The zero-order chi connectivity index (χ0) is 27.2. The average molecular weight is 513 g/mol. The highest BCUT2D eigenvalue weighted by Crippen LogP contribution is 2.77. The van der Waals surface area contributed by atoms with Gasteiger partial charge >= 0.3 is 11.9 Å². The Morgan fingerprint density at radius 1 is 0.919 bits per heavy atom. The van der Waals surface area contributed by atoms with E-state index in [0.717, 1.165) is 57.8 Å². The number of esters is 1. The van der Waals surface area contributed by atoms with E-state index in [-0.39, 0.29) is 44.9 Å². The lowest BCUT2D eigenvalue weighted by Gasteiger charge is -2.72. The summed E-state index contributed by atoms with van der Waals surface area (Å²) in [5.41, 5.74) is 0.319. The molecule has 5 fully saturated rings. The first-order valence-electron chi connectivity index (χ1n) is 14.7. The van der Waals surface area contributed by atoms with Crippen LogP contribution in [0.5, 0.6) is 0 Å². The molecule has 206 valence electrons. The zero-order valence-corrected chi connectivity index (χ0v) is 24.0. The molecule has 0 aromatic rings. The van der Waals surface area contributed by atoms with E-state index < -0.39 is 5.97 Å². The smallest absolute Gasteiger partial charge is 0.331 e. The van der Waals surface area contributed by atoms with E-state index in [0.29, 0.717) is 42.1 Å². The van der Waals surface area contributed by atoms with Gasteiger partial charge in [-0.25, -0.2) is 4.79 Å². The van der Waals surface area contributed by atoms with Gasteiger partial charge < -0.3 is 9.84 Å². The lowest BCUT2D eigenvalue weighted by Crippen LogP contribution is -2.66. The van der Waals surface area contributed by atoms with Gasteiger partial charge in [-0.15, -0.1) is 0 Å². The van der Waals surface area contributed by atoms with Crippen molar-refractivity contribution in [2.45, 2.75) is 106 Å². The first kappa shape index (κ1) is 26.9. The Morgan fingerprint density at radius 3 is 2.27 bits per heavy atom. The summed E-state index contributed by atoms with van der Waals surface area (Å²) in [4.78, 5) is 37.0. The lowest BCUT2D eigenvalue weighted by molar-refractivity contribution is -0.237. The fourth-order valence-electron chi connectivity index (χ4n) is 11.6. The third kappa shape index (κ3) is 3.50. The maximum atomic E-state index is 13.0. The normalized spacial score (nSPS) is 48.2. The number of hydrogen-bond donors (Lipinski definition) is 1. The number of carboxylic acids is 1. The monoisotopic (exact) mass is 512 g/mol. The molecular weight excluding hydrogens is 464 g/mol. The predicted octanol–water partition coefficient (Wildman–Crippen LogP) is 6.84. The highest BCUT2D eigenvalue weighted by molar-refractivity contribution is 5.86. The minimum absolute atomic E-state index is 0.0593. The van der Waals surface area contributed by atoms with E-state index >= 15 is 0 Å². The van der Waals surface area contributed by atoms with E-state index in [1.54, 1.807) is 0 Å². The van der Waals surface area contributed by atoms with Gasteiger partial charge in [-0.05, 0) is 104 Å². The number of rotatable bonds is 4. The second kappa shape index (κ2) is 8.42. The van der Waals surface area contributed by atoms with Gasteiger partial charge in [0, 0.05) is 29.7 Å². The summed E-state index contributed by atoms with van der Waals surface area (Å²) >= 11 is 0. The van der Waals surface area contributed by atoms with Crippen LogP contribution in [0.1, 0.15) is 106 Å². The van der Waals surface area contributed by atoms with E-state index in [9.17, 15) is 19.5 Å². The topological polar surface area (TPSA) is 80.7 Å². The van der Waals surface area contributed by atoms with Gasteiger partial charge in [-0.1, -0.05) is 41.2 Å². The Balaban J connectivity index is 1.55. The van der Waals surface area contributed by atoms with Crippen LogP contribution >= 0.6 is 0 Å². The molecule has 0 aromatic carbocycles. The number of carbonyl (C=O) groups is 3. The Bertz CT molecular complexity index is 1030. The molecule has 0 aromatic heterocycles. The quantitative estimate of drug-likeness (QED) is 0.329. The number of aliphatic carboxylic acids is 1. The highest BCUT2D eigenvalue weighted by atomic mass is 16.5. The number of carboxylic acid groups (broad SMARTS) is 1. The molecule has 0 unspecified atom stereocenters. The number of ether oxygens (including phenoxy) is 1. The molecule has 0 aliphatic heterocycles. The van der Waals surface area contributed by atoms with Crippen molar-refractivity contribution in [1.29, 1.82) is 0 Å². The molecule has 5 nitrogen and oxygen atoms in total. The zero-order valence-electron chi connectivity index (χ0n) is 24.0. The minimum Gasteiger partial charge on any atom is -0.478 e. The fraction of sp³-hybridized carbons (Fsp3) is 0.844. The van der Waals surface area contributed by atoms with Crippen LogP contribution in [0.4, 0.5) is 0 Å². The van der Waals surface area contributed by atoms with Crippen LogP contribution in [0.3, 0.4) is 0 Å². The maximum absolute atomic E-state index is 13.0. The molecule has 5 heteroatoms. The van der Waals surface area contributed by atoms with Crippen LogP contribution in [-0.2, 0) is 19.1 Å². The number of carbonyl (C=O) groups excluding carboxylic acids is 2. The summed E-state index contributed by atoms with van der Waals surface area (Å²) in [6, 6.07) is 0. The Hall–Kier alpha value is -1.65. The number of ketones is 1. The third-order valence-electron chi connectivity index (χ3n) is 13.6. The Labute approximate surface area is 223 Å². The van der Waals surface area contributed by atoms with E-state index in [1.165, 1.54) is 6.92 Å². The van der Waals surface area contributed by atoms with Crippen molar-refractivity contribution >= 4 is 17.7 Å². The van der Waals surface area contributed by atoms with Crippen LogP contribution in [0.25, 0.3) is 0 Å². The van der Waals surface area contributed by atoms with Crippen molar-refractivity contribution in [3.05, 3.63) is 12.2 Å². The van der Waals surface area contributed by atoms with Crippen molar-refractivity contribution < 1.29 is 24.2 Å². The van der Waals surface area contributed by atoms with Crippen molar-refractivity contribution in [3.8, 4) is 0 Å². The summed E-state index contributed by atoms with van der Waals surface area (Å²) in [6.07, 6.45) is 9.95. The highest BCUT2D eigenvalue weighted by Gasteiger charge is 2.71. The average Bonchev–Trinajstić information content (AvgIpc) is 3.20. The third-order valence-corrected chi connectivity index (χ3v) is 13.6. The lowest BCUT2D eigenvalue weighted by atomic mass is 9.32. The molecule has 5 saturated carbocycles. The standard InChI is InChI=1S/C32H48O5/c1-19(27(35)36)21-10-15-32(18-37-20(2)33)17-16-30(6)22(26(21)32)8-9-24-29(5)13-12-25(34)28(3,4)23(29)11-14-31(24,30)7/h21-24,26H,1,8-18H2,2-7H3,(H,35,36)/t21-,22+,23-,24+,26+,29-,30+,31+,32+/m0/s1. The summed E-state index contributed by atoms with van der Waals surface area (Å²) in [6.45, 7) is 17.9. The molecular formula is C32H48O5. The van der Waals surface area contributed by atoms with Gasteiger partial charge in [0.1, 0.15) is 5.78 Å². The predicted molar refractivity (Wildman–Crippen MR) is 143 cm³/mol. The van der Waals surface area contributed by atoms with Gasteiger partial charge in [0.05, 0.1) is 6.61 Å². The molecule has 0 bridgehead atoms. The SMILES string of the molecule is C=C(C(=O)O)[C@@H]1CC[C@]2(COC(C)=O)CC[C@]3(C)[C@H](CC[C@@H]4[C@@]5(C)CCC(=O)C(C)(C)[C@@H]5CC[C@]43C)[C@@H]12. The number of fused-ring (bicyclic) bond motifs is 7. The summed E-state index contributed by atoms with van der Waals surface area (Å²) in [5, 5.41) is 9.95. The molecule has 1 N–H and O–H groups in total. The van der Waals surface area contributed by atoms with Crippen LogP contribution < -0.4 is 0 Å². The first-order valence-corrected chi connectivity index (χ1v) is 14.7. The van der Waals surface area contributed by atoms with Crippen molar-refractivity contribution in [2.24, 2.45) is 56.7 Å². The van der Waals surface area contributed by atoms with Crippen LogP contribution in [0.15, 0.2) is 12.2 Å². The first-order chi connectivity index (χ1) is 17.1. The van der Waals surface area contributed by atoms with Gasteiger partial charge in [-0.3, -0.25) is 9.59 Å². The second-order valence-electron chi connectivity index (χ2n) is 15.0. The van der Waals surface area contributed by atoms with E-state index in [1.807, 2.05) is 0 Å². The molecule has 0 radical (unpaired) electrons. The van der Waals surface area contributed by atoms with Crippen molar-refractivity contribution in [1.82, 2.24) is 0 Å². The van der Waals surface area contributed by atoms with Crippen molar-refractivity contribution in [2.75, 3.05) is 6.61 Å². The van der Waals surface area contributed by atoms with Crippen molar-refractivity contribution in [3.63, 3.8) is 0 Å². The van der Waals surface area contributed by atoms with Crippen LogP contribution in [-0.4, -0.2) is 29.4 Å². The Kier molecular flexibility index (Phi) is 6.13. The molecule has 0 heterocycles. The fourth-order valence-corrected chi connectivity index (χ4v) is 11.6. The minimum atomic E-state index is -0.886. The largest absolute Gasteiger partial charge is 0.478 e. The molecule has 5 aliphatic rings. The molecule has 5 rings (SSSR count). The molecule has 5 aliphatic carbocycles. The summed E-state index contributed by atoms with van der Waals surface area (Å²) in [5.74, 6) is 0.805. The van der Waals surface area contributed by atoms with E-state index in [4.69, 9.17) is 4.74 Å². The van der Waals surface area contributed by atoms with Crippen LogP contribution in [0, 0.1) is 56.7 Å². The molecule has 0 saturated heterocycles. The molecule has 37 heavy (non-hydrogen) atoms. The van der Waals surface area contributed by atoms with E-state index in [2.05, 4.69) is 41.2 Å². The van der Waals surface area contributed by atoms with Gasteiger partial charge in [0.25, 0.3) is 0 Å². The summed E-state index contributed by atoms with van der Waals surface area (Å²) < 4.78 is 5.69. The number of hydrogen-bond acceptors (Lipinski definition) is 4. The molecule has 0 amide bonds. The summed E-state index contributed by atoms with van der Waals surface area (Å²) in [7, 11) is 0. The Morgan fingerprint density at radius 2 is 1.62 bits per heavy atom. The second-order valence-corrected chi connectivity index (χ2v) is 15.0. The van der Waals surface area contributed by atoms with Crippen LogP contribution in [0.2, 0.25) is 0 Å². The van der Waals surface area contributed by atoms with Gasteiger partial charge in [-0.2, -0.15) is 0 Å². The maximum Gasteiger partial charge on any atom is 0.331 e. The molecule has 9 atom stereocenters. The number of Topliss-reactive ketones (excluding diaryl/α,β-unsaturated/α-hetero) is 1.